The molecule has 20 heavy (non-hydrogen) atoms. The number of rotatable bonds is 3. The molecule has 0 saturated heterocycles. The van der Waals surface area contributed by atoms with Crippen LogP contribution in [0.15, 0.2) is 24.5 Å². The molecule has 0 bridgehead atoms. The molecule has 0 amide bonds. The number of nitrogens with one attached hydrogen (secondary N) is 1. The van der Waals surface area contributed by atoms with E-state index in [-0.39, 0.29) is 5.69 Å². The van der Waals surface area contributed by atoms with Gasteiger partial charge in [-0.15, -0.1) is 0 Å². The fraction of sp³-hybridized carbons (Fsp3) is 0.154. The van der Waals surface area contributed by atoms with Gasteiger partial charge in [0, 0.05) is 5.02 Å². The Hall–Kier alpha value is -1.85. The highest BCUT2D eigenvalue weighted by Gasteiger charge is 2.09. The van der Waals surface area contributed by atoms with E-state index in [9.17, 15) is 4.79 Å². The number of nitrogens with zero attached hydrogens (tertiary/aromatic N) is 2. The molecule has 0 saturated carbocycles. The van der Waals surface area contributed by atoms with Gasteiger partial charge in [-0.2, -0.15) is 0 Å². The highest BCUT2D eigenvalue weighted by molar-refractivity contribution is 6.35. The third kappa shape index (κ3) is 3.18. The number of hydrogen-bond acceptors (Lipinski definition) is 5. The maximum Gasteiger partial charge on any atom is 0.358 e. The summed E-state index contributed by atoms with van der Waals surface area (Å²) in [7, 11) is 1.28. The molecule has 2 rings (SSSR count). The van der Waals surface area contributed by atoms with Crippen molar-refractivity contribution in [2.45, 2.75) is 6.92 Å². The van der Waals surface area contributed by atoms with Gasteiger partial charge in [0.25, 0.3) is 0 Å². The maximum absolute atomic E-state index is 11.2. The van der Waals surface area contributed by atoms with E-state index in [0.29, 0.717) is 21.6 Å². The molecule has 104 valence electrons. The van der Waals surface area contributed by atoms with E-state index in [1.165, 1.54) is 19.5 Å². The highest BCUT2D eigenvalue weighted by Crippen LogP contribution is 2.30. The molecule has 0 aliphatic carbocycles. The number of anilines is 2. The van der Waals surface area contributed by atoms with Crippen LogP contribution in [-0.2, 0) is 4.74 Å². The van der Waals surface area contributed by atoms with Crippen LogP contribution in [0, 0.1) is 6.92 Å². The van der Waals surface area contributed by atoms with E-state index in [4.69, 9.17) is 23.2 Å². The lowest BCUT2D eigenvalue weighted by Gasteiger charge is -2.09. The summed E-state index contributed by atoms with van der Waals surface area (Å²) >= 11 is 12.2. The lowest BCUT2D eigenvalue weighted by molar-refractivity contribution is 0.0593. The predicted octanol–water partition coefficient (Wildman–Crippen LogP) is 3.62. The molecule has 0 aliphatic heterocycles. The van der Waals surface area contributed by atoms with Gasteiger partial charge in [-0.1, -0.05) is 23.2 Å². The average Bonchev–Trinajstić information content (AvgIpc) is 2.44. The fourth-order valence-corrected chi connectivity index (χ4v) is 1.91. The number of ether oxygens (including phenoxy) is 1. The molecular weight excluding hydrogens is 301 g/mol. The van der Waals surface area contributed by atoms with Crippen molar-refractivity contribution in [1.29, 1.82) is 0 Å². The molecule has 1 heterocycles. The Bertz CT molecular complexity index is 645. The van der Waals surface area contributed by atoms with Crippen LogP contribution in [0.5, 0.6) is 0 Å². The molecule has 7 heteroatoms. The highest BCUT2D eigenvalue weighted by atomic mass is 35.5. The zero-order valence-electron chi connectivity index (χ0n) is 10.8. The standard InChI is InChI=1S/C13H11Cl2N3O2/c1-7-3-9(15)10(4-8(7)14)18-12-6-16-11(5-17-12)13(19)20-2/h3-6H,1-2H3,(H,17,18). The van der Waals surface area contributed by atoms with E-state index in [0.717, 1.165) is 5.56 Å². The minimum Gasteiger partial charge on any atom is -0.464 e. The van der Waals surface area contributed by atoms with Gasteiger partial charge in [-0.3, -0.25) is 0 Å². The summed E-state index contributed by atoms with van der Waals surface area (Å²) in [6.07, 6.45) is 2.73. The third-order valence-electron chi connectivity index (χ3n) is 2.56. The number of hydrogen-bond donors (Lipinski definition) is 1. The van der Waals surface area contributed by atoms with Crippen LogP contribution < -0.4 is 5.32 Å². The topological polar surface area (TPSA) is 64.1 Å². The fourth-order valence-electron chi connectivity index (χ4n) is 1.48. The van der Waals surface area contributed by atoms with Crippen molar-refractivity contribution in [2.75, 3.05) is 12.4 Å². The summed E-state index contributed by atoms with van der Waals surface area (Å²) < 4.78 is 4.54. The average molecular weight is 312 g/mol. The zero-order chi connectivity index (χ0) is 14.7. The van der Waals surface area contributed by atoms with Crippen molar-refractivity contribution in [1.82, 2.24) is 9.97 Å². The van der Waals surface area contributed by atoms with Gasteiger partial charge in [0.15, 0.2) is 5.69 Å². The smallest absolute Gasteiger partial charge is 0.358 e. The van der Waals surface area contributed by atoms with E-state index in [2.05, 4.69) is 20.0 Å². The summed E-state index contributed by atoms with van der Waals surface area (Å²) in [5.41, 5.74) is 1.63. The Morgan fingerprint density at radius 3 is 2.55 bits per heavy atom. The monoisotopic (exact) mass is 311 g/mol. The quantitative estimate of drug-likeness (QED) is 0.877. The largest absolute Gasteiger partial charge is 0.464 e. The first-order valence-electron chi connectivity index (χ1n) is 5.64. The summed E-state index contributed by atoms with van der Waals surface area (Å²) in [5, 5.41) is 4.10. The number of carbonyl (C=O) groups excluding carboxylic acids is 1. The van der Waals surface area contributed by atoms with E-state index in [1.54, 1.807) is 12.1 Å². The number of esters is 1. The second-order valence-corrected chi connectivity index (χ2v) is 4.80. The molecule has 0 spiro atoms. The number of methoxy groups -OCH3 is 1. The molecule has 0 radical (unpaired) electrons. The van der Waals surface area contributed by atoms with Gasteiger partial charge in [0.05, 0.1) is 30.2 Å². The van der Waals surface area contributed by atoms with Crippen LogP contribution in [-0.4, -0.2) is 23.0 Å². The van der Waals surface area contributed by atoms with Gasteiger partial charge in [-0.25, -0.2) is 14.8 Å². The Morgan fingerprint density at radius 1 is 1.20 bits per heavy atom. The first-order valence-corrected chi connectivity index (χ1v) is 6.40. The first kappa shape index (κ1) is 14.6. The van der Waals surface area contributed by atoms with Crippen molar-refractivity contribution < 1.29 is 9.53 Å². The Labute approximate surface area is 125 Å². The maximum atomic E-state index is 11.2. The van der Waals surface area contributed by atoms with E-state index in [1.807, 2.05) is 6.92 Å². The van der Waals surface area contributed by atoms with Crippen molar-refractivity contribution in [2.24, 2.45) is 0 Å². The summed E-state index contributed by atoms with van der Waals surface area (Å²) in [5.74, 6) is -0.0973. The van der Waals surface area contributed by atoms with Crippen molar-refractivity contribution in [3.05, 3.63) is 45.8 Å². The molecule has 0 unspecified atom stereocenters. The van der Waals surface area contributed by atoms with Crippen molar-refractivity contribution >= 4 is 40.7 Å². The summed E-state index contributed by atoms with van der Waals surface area (Å²) in [4.78, 5) is 19.2. The SMILES string of the molecule is COC(=O)c1cnc(Nc2cc(Cl)c(C)cc2Cl)cn1. The van der Waals surface area contributed by atoms with Crippen molar-refractivity contribution in [3.63, 3.8) is 0 Å². The molecular formula is C13H11Cl2N3O2. The minimum absolute atomic E-state index is 0.131. The molecule has 1 aromatic heterocycles. The lowest BCUT2D eigenvalue weighted by atomic mass is 10.2. The van der Waals surface area contributed by atoms with Gasteiger partial charge in [-0.05, 0) is 24.6 Å². The normalized spacial score (nSPS) is 10.2. The number of carbonyl (C=O) groups is 1. The predicted molar refractivity (Wildman–Crippen MR) is 77.9 cm³/mol. The molecule has 2 aromatic rings. The third-order valence-corrected chi connectivity index (χ3v) is 3.28. The molecule has 1 N–H and O–H groups in total. The van der Waals surface area contributed by atoms with Crippen molar-refractivity contribution in [3.8, 4) is 0 Å². The second-order valence-electron chi connectivity index (χ2n) is 3.98. The van der Waals surface area contributed by atoms with E-state index >= 15 is 0 Å². The van der Waals surface area contributed by atoms with Crippen LogP contribution in [0.2, 0.25) is 10.0 Å². The molecule has 5 nitrogen and oxygen atoms in total. The van der Waals surface area contributed by atoms with Crippen LogP contribution >= 0.6 is 23.2 Å². The molecule has 1 aromatic carbocycles. The summed E-state index contributed by atoms with van der Waals surface area (Å²) in [6, 6.07) is 3.46. The molecule has 0 atom stereocenters. The van der Waals surface area contributed by atoms with Gasteiger partial charge < -0.3 is 10.1 Å². The number of aryl methyl sites for hydroxylation is 1. The Morgan fingerprint density at radius 2 is 1.95 bits per heavy atom. The molecule has 0 aliphatic rings. The van der Waals surface area contributed by atoms with Gasteiger partial charge in [0.2, 0.25) is 0 Å². The number of benzene rings is 1. The van der Waals surface area contributed by atoms with Crippen LogP contribution in [0.1, 0.15) is 16.1 Å². The van der Waals surface area contributed by atoms with E-state index < -0.39 is 5.97 Å². The minimum atomic E-state index is -0.541. The molecule has 0 fully saturated rings. The van der Waals surface area contributed by atoms with Crippen LogP contribution in [0.25, 0.3) is 0 Å². The lowest BCUT2D eigenvalue weighted by Crippen LogP contribution is -2.05. The van der Waals surface area contributed by atoms with Crippen LogP contribution in [0.4, 0.5) is 11.5 Å². The number of halogens is 2. The first-order chi connectivity index (χ1) is 9.51. The van der Waals surface area contributed by atoms with Crippen LogP contribution in [0.3, 0.4) is 0 Å². The van der Waals surface area contributed by atoms with Gasteiger partial charge in [0.1, 0.15) is 5.82 Å². The second kappa shape index (κ2) is 6.07. The van der Waals surface area contributed by atoms with Gasteiger partial charge >= 0.3 is 5.97 Å². The Balaban J connectivity index is 2.22. The summed E-state index contributed by atoms with van der Waals surface area (Å²) in [6.45, 7) is 1.86. The zero-order valence-corrected chi connectivity index (χ0v) is 12.3. The number of aromatic nitrogens is 2. The Kier molecular flexibility index (Phi) is 4.42.